The number of thioether (sulfide) groups is 1. The number of nitrogens with zero attached hydrogens (tertiary/aromatic N) is 4. The number of hydrogen-bond donors (Lipinski definition) is 6. The fraction of sp³-hybridized carbons (Fsp3) is 0.724. The van der Waals surface area contributed by atoms with Crippen molar-refractivity contribution in [2.24, 2.45) is 5.41 Å². The van der Waals surface area contributed by atoms with Crippen molar-refractivity contribution >= 4 is 69.1 Å². The Labute approximate surface area is 335 Å². The van der Waals surface area contributed by atoms with Gasteiger partial charge in [-0.2, -0.15) is 0 Å². The number of imidazole rings is 1. The van der Waals surface area contributed by atoms with Crippen molar-refractivity contribution in [1.29, 1.82) is 0 Å². The number of aliphatic hydroxyl groups excluding tert-OH is 2. The molecular formula is C29H44N7O18P3S-4. The van der Waals surface area contributed by atoms with Crippen molar-refractivity contribution in [3.8, 4) is 0 Å². The third-order valence-corrected chi connectivity index (χ3v) is 12.9. The van der Waals surface area contributed by atoms with Crippen molar-refractivity contribution in [2.75, 3.05) is 37.8 Å². The van der Waals surface area contributed by atoms with E-state index in [9.17, 15) is 63.0 Å². The fourth-order valence-electron chi connectivity index (χ4n) is 5.98. The molecule has 328 valence electrons. The van der Waals surface area contributed by atoms with Gasteiger partial charge >= 0.3 is 0 Å². The fourth-order valence-corrected chi connectivity index (χ4v) is 9.52. The van der Waals surface area contributed by atoms with Gasteiger partial charge in [0, 0.05) is 37.1 Å². The zero-order chi connectivity index (χ0) is 43.1. The molecule has 0 radical (unpaired) electrons. The molecule has 2 amide bonds. The number of anilines is 1. The molecule has 1 saturated heterocycles. The average molecular weight is 904 g/mol. The van der Waals surface area contributed by atoms with E-state index in [1.807, 2.05) is 0 Å². The van der Waals surface area contributed by atoms with Crippen LogP contribution < -0.4 is 35.9 Å². The van der Waals surface area contributed by atoms with Gasteiger partial charge in [-0.15, -0.1) is 0 Å². The quantitative estimate of drug-likeness (QED) is 0.0545. The van der Waals surface area contributed by atoms with E-state index in [1.165, 1.54) is 13.8 Å². The number of carbonyl (C=O) groups is 3. The van der Waals surface area contributed by atoms with Crippen LogP contribution in [0.25, 0.3) is 11.2 Å². The Morgan fingerprint density at radius 2 is 1.74 bits per heavy atom. The van der Waals surface area contributed by atoms with Crippen LogP contribution >= 0.6 is 35.2 Å². The van der Waals surface area contributed by atoms with Crippen LogP contribution in [0, 0.1) is 5.41 Å². The SMILES string of the molecule is CC(C)(COP(=O)([O-])OP(=O)([O-])OC[C@H]1O[C@@H](n2cnc3c(N)ncnc32)[C@H](O)[C@@H]1OP(=O)([O-])[O-])[C@@H](O)C(=O)NCCC(=O)NCCSC(=O)CC1(O)CCCCC1. The van der Waals surface area contributed by atoms with Crippen molar-refractivity contribution in [2.45, 2.75) is 95.0 Å². The number of ether oxygens (including phenoxy) is 1. The van der Waals surface area contributed by atoms with Crippen LogP contribution in [0.3, 0.4) is 0 Å². The van der Waals surface area contributed by atoms with E-state index in [0.29, 0.717) is 12.8 Å². The number of fused-ring (bicyclic) bond motifs is 1. The van der Waals surface area contributed by atoms with Crippen LogP contribution in [-0.2, 0) is 50.7 Å². The number of nitrogen functional groups attached to an aromatic ring is 1. The van der Waals surface area contributed by atoms with E-state index in [0.717, 1.165) is 48.2 Å². The minimum atomic E-state index is -5.92. The molecule has 3 heterocycles. The second kappa shape index (κ2) is 19.9. The van der Waals surface area contributed by atoms with E-state index in [4.69, 9.17) is 10.5 Å². The third-order valence-electron chi connectivity index (χ3n) is 9.00. The van der Waals surface area contributed by atoms with E-state index >= 15 is 0 Å². The molecule has 1 aliphatic carbocycles. The van der Waals surface area contributed by atoms with E-state index in [1.54, 1.807) is 0 Å². The van der Waals surface area contributed by atoms with Gasteiger partial charge in [0.1, 0.15) is 36.3 Å². The molecule has 2 aromatic heterocycles. The molecule has 2 unspecified atom stereocenters. The molecule has 4 rings (SSSR count). The Hall–Kier alpha value is -2.48. The van der Waals surface area contributed by atoms with E-state index in [-0.39, 0.29) is 53.8 Å². The van der Waals surface area contributed by atoms with Gasteiger partial charge in [0.2, 0.25) is 11.8 Å². The van der Waals surface area contributed by atoms with Gasteiger partial charge in [-0.05, 0) is 12.8 Å². The molecule has 7 N–H and O–H groups in total. The second-order valence-electron chi connectivity index (χ2n) is 14.2. The predicted octanol–water partition coefficient (Wildman–Crippen LogP) is -2.78. The smallest absolute Gasteiger partial charge is 0.274 e. The number of amides is 2. The summed E-state index contributed by atoms with van der Waals surface area (Å²) >= 11 is 0.991. The lowest BCUT2D eigenvalue weighted by Gasteiger charge is -2.36. The minimum Gasteiger partial charge on any atom is -0.790 e. The highest BCUT2D eigenvalue weighted by molar-refractivity contribution is 8.13. The molecule has 58 heavy (non-hydrogen) atoms. The predicted molar refractivity (Wildman–Crippen MR) is 191 cm³/mol. The molecule has 1 saturated carbocycles. The molecule has 0 spiro atoms. The van der Waals surface area contributed by atoms with Crippen LogP contribution in [0.4, 0.5) is 5.82 Å². The Morgan fingerprint density at radius 3 is 2.41 bits per heavy atom. The number of aliphatic hydroxyl groups is 3. The Morgan fingerprint density at radius 1 is 1.07 bits per heavy atom. The van der Waals surface area contributed by atoms with Crippen molar-refractivity contribution in [3.63, 3.8) is 0 Å². The van der Waals surface area contributed by atoms with Crippen molar-refractivity contribution < 1.29 is 85.6 Å². The molecule has 1 aliphatic heterocycles. The molecule has 2 aliphatic rings. The van der Waals surface area contributed by atoms with E-state index in [2.05, 4.69) is 43.5 Å². The maximum atomic E-state index is 12.6. The first-order valence-electron chi connectivity index (χ1n) is 17.6. The highest BCUT2D eigenvalue weighted by atomic mass is 32.2. The lowest BCUT2D eigenvalue weighted by Crippen LogP contribution is -2.46. The molecule has 2 fully saturated rings. The molecule has 2 aromatic rings. The number of carbonyl (C=O) groups excluding carboxylic acids is 3. The molecule has 0 aromatic carbocycles. The maximum Gasteiger partial charge on any atom is 0.274 e. The number of phosphoric ester groups is 3. The van der Waals surface area contributed by atoms with Crippen LogP contribution in [0.1, 0.15) is 65.0 Å². The molecule has 0 bridgehead atoms. The Kier molecular flexibility index (Phi) is 16.6. The summed E-state index contributed by atoms with van der Waals surface area (Å²) in [4.78, 5) is 96.4. The first kappa shape index (κ1) is 48.2. The number of phosphoric acid groups is 3. The summed E-state index contributed by atoms with van der Waals surface area (Å²) in [7, 11) is -17.6. The number of nitrogens with one attached hydrogen (secondary N) is 2. The number of nitrogens with two attached hydrogens (primary N) is 1. The van der Waals surface area contributed by atoms with Crippen LogP contribution in [0.15, 0.2) is 12.7 Å². The molecule has 29 heteroatoms. The summed E-state index contributed by atoms with van der Waals surface area (Å²) in [5.41, 5.74) is 3.07. The second-order valence-corrected chi connectivity index (χ2v) is 19.4. The molecular weight excluding hydrogens is 859 g/mol. The zero-order valence-electron chi connectivity index (χ0n) is 31.1. The summed E-state index contributed by atoms with van der Waals surface area (Å²) in [6, 6.07) is 0. The van der Waals surface area contributed by atoms with Crippen LogP contribution in [0.2, 0.25) is 0 Å². The van der Waals surface area contributed by atoms with Crippen molar-refractivity contribution in [3.05, 3.63) is 12.7 Å². The number of rotatable bonds is 21. The lowest BCUT2D eigenvalue weighted by molar-refractivity contribution is -0.347. The van der Waals surface area contributed by atoms with Gasteiger partial charge in [-0.3, -0.25) is 28.1 Å². The van der Waals surface area contributed by atoms with Gasteiger partial charge in [0.25, 0.3) is 15.6 Å². The van der Waals surface area contributed by atoms with Gasteiger partial charge in [-0.25, -0.2) is 19.3 Å². The molecule has 7 atom stereocenters. The first-order chi connectivity index (χ1) is 26.9. The topological polar surface area (TPSA) is 395 Å². The Bertz CT molecular complexity index is 1910. The standard InChI is InChI=1S/C29H48N7O18P3S/c1-28(2,23(40)26(41)32-9-6-18(37)31-10-11-58-19(38)12-29(42)7-4-3-5-8-29)14-51-57(48,49)54-56(46,47)50-13-17-22(53-55(43,44)45)21(39)27(52-17)36-16-35-20-24(30)33-15-34-25(20)36/h15-17,21-23,27,39-40,42H,3-14H2,1-2H3,(H,31,37)(H,32,41)(H,46,47)(H,48,49)(H2,30,33,34)(H2,43,44,45)/p-4/t17-,21-,22-,23+,27-/m1/s1. The van der Waals surface area contributed by atoms with Crippen LogP contribution in [-0.4, -0.2) is 114 Å². The summed E-state index contributed by atoms with van der Waals surface area (Å²) < 4.78 is 60.5. The van der Waals surface area contributed by atoms with E-state index < -0.39 is 90.2 Å². The lowest BCUT2D eigenvalue weighted by atomic mass is 9.83. The number of hydrogen-bond acceptors (Lipinski definition) is 23. The summed E-state index contributed by atoms with van der Waals surface area (Å²) in [5.74, 6) is -1.32. The largest absolute Gasteiger partial charge is 0.790 e. The normalized spacial score (nSPS) is 23.8. The first-order valence-corrected chi connectivity index (χ1v) is 23.0. The van der Waals surface area contributed by atoms with Gasteiger partial charge in [0.15, 0.2) is 22.8 Å². The summed E-state index contributed by atoms with van der Waals surface area (Å²) in [6.07, 6.45) is -3.70. The third kappa shape index (κ3) is 14.0. The average Bonchev–Trinajstić information content (AvgIpc) is 3.68. The van der Waals surface area contributed by atoms with Gasteiger partial charge in [0.05, 0.1) is 33.0 Å². The highest BCUT2D eigenvalue weighted by Gasteiger charge is 2.47. The summed E-state index contributed by atoms with van der Waals surface area (Å²) in [5, 5.41) is 36.5. The van der Waals surface area contributed by atoms with Gasteiger partial charge < -0.3 is 74.1 Å². The van der Waals surface area contributed by atoms with Gasteiger partial charge in [-0.1, -0.05) is 44.9 Å². The highest BCUT2D eigenvalue weighted by Crippen LogP contribution is 2.56. The summed E-state index contributed by atoms with van der Waals surface area (Å²) in [6.45, 7) is 0.00193. The molecule has 25 nitrogen and oxygen atoms in total. The zero-order valence-corrected chi connectivity index (χ0v) is 34.6. The maximum absolute atomic E-state index is 12.6. The van der Waals surface area contributed by atoms with Crippen LogP contribution in [0.5, 0.6) is 0 Å². The Balaban J connectivity index is 1.21. The number of aromatic nitrogens is 4. The monoisotopic (exact) mass is 903 g/mol. The minimum absolute atomic E-state index is 0.0243. The van der Waals surface area contributed by atoms with Crippen molar-refractivity contribution in [1.82, 2.24) is 30.2 Å².